The van der Waals surface area contributed by atoms with Crippen molar-refractivity contribution in [3.05, 3.63) is 54.1 Å². The molecule has 0 saturated carbocycles. The van der Waals surface area contributed by atoms with Gasteiger partial charge in [-0.05, 0) is 38.5 Å². The van der Waals surface area contributed by atoms with E-state index in [1.807, 2.05) is 43.3 Å². The van der Waals surface area contributed by atoms with Crippen molar-refractivity contribution < 1.29 is 9.53 Å². The van der Waals surface area contributed by atoms with Crippen molar-refractivity contribution in [2.24, 2.45) is 0 Å². The second-order valence-electron chi connectivity index (χ2n) is 5.85. The number of fused-ring (bicyclic) bond motifs is 1. The van der Waals surface area contributed by atoms with E-state index in [-0.39, 0.29) is 5.97 Å². The van der Waals surface area contributed by atoms with Crippen molar-refractivity contribution in [3.63, 3.8) is 0 Å². The first-order valence-corrected chi connectivity index (χ1v) is 8.40. The van der Waals surface area contributed by atoms with Gasteiger partial charge in [-0.2, -0.15) is 0 Å². The first kappa shape index (κ1) is 16.2. The van der Waals surface area contributed by atoms with Crippen LogP contribution >= 0.6 is 0 Å². The van der Waals surface area contributed by atoms with E-state index in [0.717, 1.165) is 28.8 Å². The average Bonchev–Trinajstić information content (AvgIpc) is 3.00. The van der Waals surface area contributed by atoms with E-state index in [4.69, 9.17) is 9.72 Å². The second-order valence-corrected chi connectivity index (χ2v) is 5.85. The summed E-state index contributed by atoms with van der Waals surface area (Å²) in [6, 6.07) is 16.1. The lowest BCUT2D eigenvalue weighted by Crippen LogP contribution is -2.06. The molecule has 0 aliphatic rings. The van der Waals surface area contributed by atoms with E-state index in [1.54, 1.807) is 0 Å². The minimum Gasteiger partial charge on any atom is -0.462 e. The number of carbonyl (C=O) groups is 1. The van der Waals surface area contributed by atoms with E-state index in [2.05, 4.69) is 30.5 Å². The third kappa shape index (κ3) is 2.92. The maximum Gasteiger partial charge on any atom is 0.338 e. The Morgan fingerprint density at radius 1 is 1.17 bits per heavy atom. The predicted molar refractivity (Wildman–Crippen MR) is 96.1 cm³/mol. The summed E-state index contributed by atoms with van der Waals surface area (Å²) in [6.07, 6.45) is 1.00. The highest BCUT2D eigenvalue weighted by atomic mass is 16.5. The van der Waals surface area contributed by atoms with Crippen molar-refractivity contribution in [1.82, 2.24) is 9.55 Å². The van der Waals surface area contributed by atoms with E-state index in [9.17, 15) is 4.79 Å². The molecular formula is C20H22N2O2. The van der Waals surface area contributed by atoms with Crippen LogP contribution in [0.1, 0.15) is 43.6 Å². The minimum atomic E-state index is -0.307. The fraction of sp³-hybridized carbons (Fsp3) is 0.300. The maximum atomic E-state index is 12.0. The lowest BCUT2D eigenvalue weighted by molar-refractivity contribution is 0.0526. The zero-order chi connectivity index (χ0) is 17.1. The normalized spacial score (nSPS) is 12.3. The molecule has 0 saturated heterocycles. The molecule has 4 heteroatoms. The molecule has 0 N–H and O–H groups in total. The zero-order valence-electron chi connectivity index (χ0n) is 14.3. The molecule has 0 amide bonds. The predicted octanol–water partition coefficient (Wildman–Crippen LogP) is 4.85. The molecule has 1 atom stereocenters. The van der Waals surface area contributed by atoms with Gasteiger partial charge in [-0.15, -0.1) is 0 Å². The van der Waals surface area contributed by atoms with Crippen LogP contribution < -0.4 is 0 Å². The second kappa shape index (κ2) is 6.87. The molecule has 2 aromatic carbocycles. The van der Waals surface area contributed by atoms with Crippen LogP contribution in [0.2, 0.25) is 0 Å². The van der Waals surface area contributed by atoms with Gasteiger partial charge >= 0.3 is 5.97 Å². The maximum absolute atomic E-state index is 12.0. The van der Waals surface area contributed by atoms with Gasteiger partial charge in [0.05, 0.1) is 23.2 Å². The zero-order valence-corrected chi connectivity index (χ0v) is 14.3. The summed E-state index contributed by atoms with van der Waals surface area (Å²) in [7, 11) is 0. The molecule has 4 nitrogen and oxygen atoms in total. The molecule has 3 aromatic rings. The van der Waals surface area contributed by atoms with Crippen LogP contribution in [0.3, 0.4) is 0 Å². The van der Waals surface area contributed by atoms with Crippen LogP contribution in [0.25, 0.3) is 22.4 Å². The Morgan fingerprint density at radius 3 is 2.58 bits per heavy atom. The molecule has 0 spiro atoms. The van der Waals surface area contributed by atoms with Crippen LogP contribution in [0.5, 0.6) is 0 Å². The molecule has 0 fully saturated rings. The van der Waals surface area contributed by atoms with E-state index >= 15 is 0 Å². The summed E-state index contributed by atoms with van der Waals surface area (Å²) in [4.78, 5) is 16.8. The minimum absolute atomic E-state index is 0.307. The lowest BCUT2D eigenvalue weighted by atomic mass is 10.1. The van der Waals surface area contributed by atoms with Crippen molar-refractivity contribution in [2.75, 3.05) is 6.61 Å². The highest BCUT2D eigenvalue weighted by Crippen LogP contribution is 2.30. The van der Waals surface area contributed by atoms with Gasteiger partial charge in [0, 0.05) is 11.6 Å². The lowest BCUT2D eigenvalue weighted by Gasteiger charge is -2.16. The molecule has 1 aromatic heterocycles. The largest absolute Gasteiger partial charge is 0.462 e. The Kier molecular flexibility index (Phi) is 4.65. The van der Waals surface area contributed by atoms with Gasteiger partial charge in [0.2, 0.25) is 0 Å². The van der Waals surface area contributed by atoms with Gasteiger partial charge in [0.15, 0.2) is 0 Å². The van der Waals surface area contributed by atoms with Gasteiger partial charge in [0.25, 0.3) is 0 Å². The van der Waals surface area contributed by atoms with Crippen LogP contribution in [-0.2, 0) is 4.74 Å². The first-order chi connectivity index (χ1) is 11.7. The topological polar surface area (TPSA) is 44.1 Å². The summed E-state index contributed by atoms with van der Waals surface area (Å²) in [6.45, 7) is 6.53. The molecule has 3 rings (SSSR count). The summed E-state index contributed by atoms with van der Waals surface area (Å²) in [5, 5.41) is 0. The number of esters is 1. The number of ether oxygens (including phenoxy) is 1. The average molecular weight is 322 g/mol. The Hall–Kier alpha value is -2.62. The number of hydrogen-bond donors (Lipinski definition) is 0. The van der Waals surface area contributed by atoms with E-state index in [1.165, 1.54) is 0 Å². The molecule has 24 heavy (non-hydrogen) atoms. The SMILES string of the molecule is CCOC(=O)c1ccc2c(c1)nc(-c1ccccc1)n2C(C)CC. The Balaban J connectivity index is 2.18. The first-order valence-electron chi connectivity index (χ1n) is 8.40. The highest BCUT2D eigenvalue weighted by molar-refractivity contribution is 5.94. The molecule has 0 aliphatic heterocycles. The summed E-state index contributed by atoms with van der Waals surface area (Å²) in [5.74, 6) is 0.625. The monoisotopic (exact) mass is 322 g/mol. The van der Waals surface area contributed by atoms with Gasteiger partial charge < -0.3 is 9.30 Å². The number of rotatable bonds is 5. The summed E-state index contributed by atoms with van der Waals surface area (Å²) < 4.78 is 7.34. The standard InChI is InChI=1S/C20H22N2O2/c1-4-14(3)22-18-12-11-16(20(23)24-5-2)13-17(18)21-19(22)15-9-7-6-8-10-15/h6-14H,4-5H2,1-3H3. The molecule has 0 radical (unpaired) electrons. The fourth-order valence-electron chi connectivity index (χ4n) is 2.86. The van der Waals surface area contributed by atoms with Gasteiger partial charge in [-0.1, -0.05) is 37.3 Å². The van der Waals surface area contributed by atoms with Crippen molar-refractivity contribution in [2.45, 2.75) is 33.2 Å². The number of hydrogen-bond acceptors (Lipinski definition) is 3. The fourth-order valence-corrected chi connectivity index (χ4v) is 2.86. The number of nitrogens with zero attached hydrogens (tertiary/aromatic N) is 2. The summed E-state index contributed by atoms with van der Waals surface area (Å²) in [5.41, 5.74) is 3.47. The Morgan fingerprint density at radius 2 is 1.92 bits per heavy atom. The molecule has 1 heterocycles. The number of aromatic nitrogens is 2. The van der Waals surface area contributed by atoms with Gasteiger partial charge in [0.1, 0.15) is 5.82 Å². The molecule has 0 aliphatic carbocycles. The van der Waals surface area contributed by atoms with Gasteiger partial charge in [-0.25, -0.2) is 9.78 Å². The molecule has 124 valence electrons. The highest BCUT2D eigenvalue weighted by Gasteiger charge is 2.18. The molecule has 0 bridgehead atoms. The van der Waals surface area contributed by atoms with Crippen LogP contribution in [0, 0.1) is 0 Å². The molecular weight excluding hydrogens is 300 g/mol. The van der Waals surface area contributed by atoms with E-state index in [0.29, 0.717) is 18.2 Å². The Bertz CT molecular complexity index is 853. The van der Waals surface area contributed by atoms with Crippen molar-refractivity contribution in [3.8, 4) is 11.4 Å². The quantitative estimate of drug-likeness (QED) is 0.631. The third-order valence-corrected chi connectivity index (χ3v) is 4.26. The molecule has 1 unspecified atom stereocenters. The smallest absolute Gasteiger partial charge is 0.338 e. The van der Waals surface area contributed by atoms with Crippen molar-refractivity contribution in [1.29, 1.82) is 0 Å². The van der Waals surface area contributed by atoms with Crippen molar-refractivity contribution >= 4 is 17.0 Å². The van der Waals surface area contributed by atoms with Crippen LogP contribution in [-0.4, -0.2) is 22.1 Å². The number of carbonyl (C=O) groups excluding carboxylic acids is 1. The van der Waals surface area contributed by atoms with Gasteiger partial charge in [-0.3, -0.25) is 0 Å². The number of imidazole rings is 1. The summed E-state index contributed by atoms with van der Waals surface area (Å²) >= 11 is 0. The number of benzene rings is 2. The van der Waals surface area contributed by atoms with Crippen LogP contribution in [0.15, 0.2) is 48.5 Å². The van der Waals surface area contributed by atoms with Crippen LogP contribution in [0.4, 0.5) is 0 Å². The Labute approximate surface area is 142 Å². The third-order valence-electron chi connectivity index (χ3n) is 4.26. The van der Waals surface area contributed by atoms with E-state index < -0.39 is 0 Å².